The maximum absolute atomic E-state index is 9.41. The lowest BCUT2D eigenvalue weighted by molar-refractivity contribution is 0.225. The molecule has 0 spiro atoms. The van der Waals surface area contributed by atoms with Gasteiger partial charge in [0.05, 0.1) is 6.10 Å². The van der Waals surface area contributed by atoms with Gasteiger partial charge in [-0.2, -0.15) is 0 Å². The predicted octanol–water partition coefficient (Wildman–Crippen LogP) is 2.02. The molecule has 1 atom stereocenters. The van der Waals surface area contributed by atoms with Gasteiger partial charge in [0.1, 0.15) is 0 Å². The third-order valence-corrected chi connectivity index (χ3v) is 1.92. The third-order valence-electron chi connectivity index (χ3n) is 1.92. The topological polar surface area (TPSA) is 32.6 Å². The van der Waals surface area contributed by atoms with Crippen LogP contribution in [0.2, 0.25) is 0 Å². The summed E-state index contributed by atoms with van der Waals surface area (Å²) in [5.41, 5.74) is 0.848. The summed E-state index contributed by atoms with van der Waals surface area (Å²) in [6.45, 7) is 4.03. The number of aliphatic hydroxyl groups is 1. The van der Waals surface area contributed by atoms with Crippen LogP contribution < -0.4 is 0 Å². The normalized spacial score (nSPS) is 15.1. The quantitative estimate of drug-likeness (QED) is 0.480. The first kappa shape index (κ1) is 10.6. The lowest BCUT2D eigenvalue weighted by atomic mass is 10.1. The fraction of sp³-hybridized carbons (Fsp3) is 0.889. The molecule has 11 heavy (non-hydrogen) atoms. The van der Waals surface area contributed by atoms with E-state index in [2.05, 4.69) is 11.9 Å². The molecule has 0 aliphatic rings. The van der Waals surface area contributed by atoms with Crippen molar-refractivity contribution in [3.8, 4) is 0 Å². The van der Waals surface area contributed by atoms with Crippen molar-refractivity contribution in [3.63, 3.8) is 0 Å². The number of aliphatic imine (C=N–C) groups is 1. The highest BCUT2D eigenvalue weighted by atomic mass is 16.3. The smallest absolute Gasteiger partial charge is 0.0913 e. The Bertz CT molecular complexity index is 121. The van der Waals surface area contributed by atoms with Crippen LogP contribution in [0.25, 0.3) is 0 Å². The molecule has 0 aromatic rings. The van der Waals surface area contributed by atoms with E-state index in [1.165, 1.54) is 12.8 Å². The van der Waals surface area contributed by atoms with Crippen molar-refractivity contribution in [2.75, 3.05) is 7.05 Å². The SMILES string of the molecule is CCCCC[C@@H](O)/C(C)=N/C. The fourth-order valence-electron chi connectivity index (χ4n) is 0.946. The van der Waals surface area contributed by atoms with E-state index in [0.717, 1.165) is 18.6 Å². The van der Waals surface area contributed by atoms with Crippen LogP contribution in [-0.2, 0) is 0 Å². The number of aliphatic hydroxyl groups excluding tert-OH is 1. The molecule has 0 rings (SSSR count). The van der Waals surface area contributed by atoms with Crippen LogP contribution in [-0.4, -0.2) is 24.0 Å². The third kappa shape index (κ3) is 4.96. The van der Waals surface area contributed by atoms with Gasteiger partial charge in [0.15, 0.2) is 0 Å². The standard InChI is InChI=1S/C9H19NO/c1-4-5-6-7-9(11)8(2)10-3/h9,11H,4-7H2,1-3H3/b10-8+/t9-/m1/s1. The second kappa shape index (κ2) is 6.35. The molecule has 0 radical (unpaired) electrons. The summed E-state index contributed by atoms with van der Waals surface area (Å²) >= 11 is 0. The van der Waals surface area contributed by atoms with Gasteiger partial charge in [-0.05, 0) is 13.3 Å². The molecule has 0 saturated carbocycles. The highest BCUT2D eigenvalue weighted by molar-refractivity contribution is 5.85. The summed E-state index contributed by atoms with van der Waals surface area (Å²) < 4.78 is 0. The molecule has 1 N–H and O–H groups in total. The van der Waals surface area contributed by atoms with Gasteiger partial charge in [0.25, 0.3) is 0 Å². The monoisotopic (exact) mass is 157 g/mol. The van der Waals surface area contributed by atoms with Gasteiger partial charge in [-0.25, -0.2) is 0 Å². The van der Waals surface area contributed by atoms with Gasteiger partial charge >= 0.3 is 0 Å². The summed E-state index contributed by atoms with van der Waals surface area (Å²) in [6, 6.07) is 0. The summed E-state index contributed by atoms with van der Waals surface area (Å²) in [5.74, 6) is 0. The highest BCUT2D eigenvalue weighted by Gasteiger charge is 2.05. The Morgan fingerprint density at radius 1 is 1.45 bits per heavy atom. The van der Waals surface area contributed by atoms with Crippen molar-refractivity contribution in [3.05, 3.63) is 0 Å². The van der Waals surface area contributed by atoms with E-state index in [1.807, 2.05) is 6.92 Å². The molecule has 0 heterocycles. The molecule has 0 aromatic heterocycles. The van der Waals surface area contributed by atoms with Crippen LogP contribution in [0.15, 0.2) is 4.99 Å². The molecular formula is C9H19NO. The zero-order valence-electron chi connectivity index (χ0n) is 7.80. The maximum atomic E-state index is 9.41. The Balaban J connectivity index is 3.44. The van der Waals surface area contributed by atoms with Gasteiger partial charge in [-0.1, -0.05) is 26.2 Å². The molecule has 0 aliphatic heterocycles. The Morgan fingerprint density at radius 3 is 2.55 bits per heavy atom. The maximum Gasteiger partial charge on any atom is 0.0913 e. The van der Waals surface area contributed by atoms with Crippen molar-refractivity contribution < 1.29 is 5.11 Å². The Labute approximate surface area is 69.3 Å². The second-order valence-corrected chi connectivity index (χ2v) is 2.88. The van der Waals surface area contributed by atoms with Crippen LogP contribution >= 0.6 is 0 Å². The zero-order valence-corrected chi connectivity index (χ0v) is 7.80. The molecule has 0 unspecified atom stereocenters. The zero-order chi connectivity index (χ0) is 8.69. The van der Waals surface area contributed by atoms with E-state index in [4.69, 9.17) is 0 Å². The predicted molar refractivity (Wildman–Crippen MR) is 49.2 cm³/mol. The lowest BCUT2D eigenvalue weighted by Crippen LogP contribution is -2.16. The van der Waals surface area contributed by atoms with E-state index in [-0.39, 0.29) is 6.10 Å². The van der Waals surface area contributed by atoms with Crippen LogP contribution in [0, 0.1) is 0 Å². The van der Waals surface area contributed by atoms with Crippen LogP contribution in [0.1, 0.15) is 39.5 Å². The van der Waals surface area contributed by atoms with E-state index in [9.17, 15) is 5.11 Å². The molecule has 2 heteroatoms. The first-order valence-corrected chi connectivity index (χ1v) is 4.33. The molecule has 0 saturated heterocycles. The molecule has 0 aliphatic carbocycles. The second-order valence-electron chi connectivity index (χ2n) is 2.88. The average molecular weight is 157 g/mol. The Kier molecular flexibility index (Phi) is 6.13. The van der Waals surface area contributed by atoms with Crippen LogP contribution in [0.4, 0.5) is 0 Å². The highest BCUT2D eigenvalue weighted by Crippen LogP contribution is 2.04. The Morgan fingerprint density at radius 2 is 2.09 bits per heavy atom. The van der Waals surface area contributed by atoms with Gasteiger partial charge in [0.2, 0.25) is 0 Å². The molecule has 0 fully saturated rings. The first-order chi connectivity index (χ1) is 5.22. The van der Waals surface area contributed by atoms with Crippen molar-refractivity contribution in [2.45, 2.75) is 45.6 Å². The summed E-state index contributed by atoms with van der Waals surface area (Å²) in [7, 11) is 1.72. The van der Waals surface area contributed by atoms with Gasteiger partial charge < -0.3 is 5.11 Å². The van der Waals surface area contributed by atoms with E-state index < -0.39 is 0 Å². The Hall–Kier alpha value is -0.370. The number of unbranched alkanes of at least 4 members (excludes halogenated alkanes) is 2. The van der Waals surface area contributed by atoms with E-state index >= 15 is 0 Å². The van der Waals surface area contributed by atoms with E-state index in [1.54, 1.807) is 7.05 Å². The van der Waals surface area contributed by atoms with Crippen molar-refractivity contribution in [1.29, 1.82) is 0 Å². The minimum absolute atomic E-state index is 0.313. The lowest BCUT2D eigenvalue weighted by Gasteiger charge is -2.08. The van der Waals surface area contributed by atoms with Gasteiger partial charge in [-0.3, -0.25) is 4.99 Å². The summed E-state index contributed by atoms with van der Waals surface area (Å²) in [4.78, 5) is 3.93. The summed E-state index contributed by atoms with van der Waals surface area (Å²) in [6.07, 6.45) is 4.05. The molecular weight excluding hydrogens is 138 g/mol. The number of hydrogen-bond donors (Lipinski definition) is 1. The molecule has 2 nitrogen and oxygen atoms in total. The largest absolute Gasteiger partial charge is 0.387 e. The molecule has 66 valence electrons. The number of hydrogen-bond acceptors (Lipinski definition) is 2. The van der Waals surface area contributed by atoms with Gasteiger partial charge in [-0.15, -0.1) is 0 Å². The molecule has 0 aromatic carbocycles. The number of rotatable bonds is 5. The van der Waals surface area contributed by atoms with Crippen LogP contribution in [0.3, 0.4) is 0 Å². The molecule has 0 amide bonds. The average Bonchev–Trinajstić information content (AvgIpc) is 2.03. The van der Waals surface area contributed by atoms with Crippen molar-refractivity contribution in [2.24, 2.45) is 4.99 Å². The van der Waals surface area contributed by atoms with Crippen molar-refractivity contribution in [1.82, 2.24) is 0 Å². The number of nitrogens with zero attached hydrogens (tertiary/aromatic N) is 1. The van der Waals surface area contributed by atoms with E-state index in [0.29, 0.717) is 0 Å². The van der Waals surface area contributed by atoms with Gasteiger partial charge in [0, 0.05) is 12.8 Å². The minimum Gasteiger partial charge on any atom is -0.387 e. The summed E-state index contributed by atoms with van der Waals surface area (Å²) in [5, 5.41) is 9.41. The molecule has 0 bridgehead atoms. The van der Waals surface area contributed by atoms with Crippen molar-refractivity contribution >= 4 is 5.71 Å². The fourth-order valence-corrected chi connectivity index (χ4v) is 0.946. The van der Waals surface area contributed by atoms with Crippen LogP contribution in [0.5, 0.6) is 0 Å². The minimum atomic E-state index is -0.313. The first-order valence-electron chi connectivity index (χ1n) is 4.33.